The minimum Gasteiger partial charge on any atom is -0.406 e. The number of benzene rings is 1. The van der Waals surface area contributed by atoms with Gasteiger partial charge in [-0.15, -0.1) is 13.2 Å². The fraction of sp³-hybridized carbons (Fsp3) is 0.462. The average Bonchev–Trinajstić information content (AvgIpc) is 2.28. The van der Waals surface area contributed by atoms with Gasteiger partial charge in [-0.2, -0.15) is 0 Å². The van der Waals surface area contributed by atoms with Crippen molar-refractivity contribution in [3.63, 3.8) is 0 Å². The number of ether oxygens (including phenoxy) is 1. The molecular formula is C13H17F3N2O2. The Kier molecular flexibility index (Phi) is 5.38. The smallest absolute Gasteiger partial charge is 0.406 e. The number of hydrogen-bond donors (Lipinski definition) is 1. The Balaban J connectivity index is 2.59. The van der Waals surface area contributed by atoms with Gasteiger partial charge in [-0.25, -0.2) is 0 Å². The van der Waals surface area contributed by atoms with Crippen LogP contribution in [0.25, 0.3) is 0 Å². The van der Waals surface area contributed by atoms with E-state index in [1.807, 2.05) is 0 Å². The van der Waals surface area contributed by atoms with Crippen LogP contribution in [0.5, 0.6) is 5.75 Å². The molecule has 0 aliphatic rings. The minimum atomic E-state index is -4.70. The zero-order valence-electron chi connectivity index (χ0n) is 11.3. The Labute approximate surface area is 115 Å². The molecule has 0 radical (unpaired) electrons. The molecule has 1 unspecified atom stereocenters. The van der Waals surface area contributed by atoms with Crippen LogP contribution in [0, 0.1) is 0 Å². The standard InChI is InChI=1S/C13H17F3N2O2/c1-9(17)7-12(19)18(2)8-10-3-5-11(6-4-10)20-13(14,15)16/h3-6,9H,7-8,17H2,1-2H3. The quantitative estimate of drug-likeness (QED) is 0.905. The molecule has 0 saturated carbocycles. The topological polar surface area (TPSA) is 55.6 Å². The highest BCUT2D eigenvalue weighted by atomic mass is 19.4. The van der Waals surface area contributed by atoms with Crippen LogP contribution >= 0.6 is 0 Å². The number of nitrogens with zero attached hydrogens (tertiary/aromatic N) is 1. The van der Waals surface area contributed by atoms with Crippen LogP contribution in [0.15, 0.2) is 24.3 Å². The van der Waals surface area contributed by atoms with E-state index < -0.39 is 6.36 Å². The Bertz CT molecular complexity index is 444. The number of carbonyl (C=O) groups excluding carboxylic acids is 1. The molecule has 1 rings (SSSR count). The predicted octanol–water partition coefficient (Wildman–Crippen LogP) is 2.28. The van der Waals surface area contributed by atoms with Crippen molar-refractivity contribution in [2.24, 2.45) is 5.73 Å². The van der Waals surface area contributed by atoms with Crippen LogP contribution in [0.2, 0.25) is 0 Å². The average molecular weight is 290 g/mol. The molecule has 0 heterocycles. The molecule has 1 amide bonds. The van der Waals surface area contributed by atoms with Crippen molar-refractivity contribution in [3.05, 3.63) is 29.8 Å². The van der Waals surface area contributed by atoms with Gasteiger partial charge in [0.2, 0.25) is 5.91 Å². The SMILES string of the molecule is CC(N)CC(=O)N(C)Cc1ccc(OC(F)(F)F)cc1. The van der Waals surface area contributed by atoms with E-state index >= 15 is 0 Å². The highest BCUT2D eigenvalue weighted by Crippen LogP contribution is 2.23. The Morgan fingerprint density at radius 3 is 2.35 bits per heavy atom. The number of amides is 1. The van der Waals surface area contributed by atoms with Crippen LogP contribution in [0.1, 0.15) is 18.9 Å². The lowest BCUT2D eigenvalue weighted by atomic mass is 10.2. The van der Waals surface area contributed by atoms with Crippen molar-refractivity contribution in [1.82, 2.24) is 4.90 Å². The Morgan fingerprint density at radius 2 is 1.90 bits per heavy atom. The molecule has 0 aliphatic heterocycles. The second kappa shape index (κ2) is 6.60. The van der Waals surface area contributed by atoms with E-state index in [2.05, 4.69) is 4.74 Å². The first kappa shape index (κ1) is 16.3. The first-order chi connectivity index (χ1) is 9.17. The number of carbonyl (C=O) groups is 1. The fourth-order valence-corrected chi connectivity index (χ4v) is 1.59. The summed E-state index contributed by atoms with van der Waals surface area (Å²) in [6.07, 6.45) is -4.47. The second-order valence-corrected chi connectivity index (χ2v) is 4.62. The van der Waals surface area contributed by atoms with Gasteiger partial charge < -0.3 is 15.4 Å². The van der Waals surface area contributed by atoms with Gasteiger partial charge >= 0.3 is 6.36 Å². The molecular weight excluding hydrogens is 273 g/mol. The largest absolute Gasteiger partial charge is 0.573 e. The van der Waals surface area contributed by atoms with Gasteiger partial charge in [0, 0.05) is 26.1 Å². The highest BCUT2D eigenvalue weighted by molar-refractivity contribution is 5.76. The molecule has 20 heavy (non-hydrogen) atoms. The second-order valence-electron chi connectivity index (χ2n) is 4.62. The van der Waals surface area contributed by atoms with Crippen molar-refractivity contribution < 1.29 is 22.7 Å². The predicted molar refractivity (Wildman–Crippen MR) is 67.9 cm³/mol. The molecule has 2 N–H and O–H groups in total. The first-order valence-corrected chi connectivity index (χ1v) is 6.01. The summed E-state index contributed by atoms with van der Waals surface area (Å²) in [5.41, 5.74) is 6.24. The van der Waals surface area contributed by atoms with E-state index in [0.717, 1.165) is 0 Å². The summed E-state index contributed by atoms with van der Waals surface area (Å²) in [5.74, 6) is -0.401. The van der Waals surface area contributed by atoms with Crippen molar-refractivity contribution in [3.8, 4) is 5.75 Å². The third kappa shape index (κ3) is 5.92. The molecule has 112 valence electrons. The number of halogens is 3. The maximum atomic E-state index is 12.0. The number of rotatable bonds is 5. The van der Waals surface area contributed by atoms with Gasteiger partial charge in [0.15, 0.2) is 0 Å². The van der Waals surface area contributed by atoms with Gasteiger partial charge in [0.05, 0.1) is 0 Å². The van der Waals surface area contributed by atoms with Crippen LogP contribution in [0.3, 0.4) is 0 Å². The lowest BCUT2D eigenvalue weighted by Gasteiger charge is -2.18. The van der Waals surface area contributed by atoms with Gasteiger partial charge in [0.25, 0.3) is 0 Å². The summed E-state index contributed by atoms with van der Waals surface area (Å²) in [7, 11) is 1.62. The van der Waals surface area contributed by atoms with E-state index in [9.17, 15) is 18.0 Å². The third-order valence-electron chi connectivity index (χ3n) is 2.50. The third-order valence-corrected chi connectivity index (χ3v) is 2.50. The molecule has 1 aromatic carbocycles. The molecule has 4 nitrogen and oxygen atoms in total. The van der Waals surface area contributed by atoms with Crippen LogP contribution in [-0.4, -0.2) is 30.3 Å². The maximum Gasteiger partial charge on any atom is 0.573 e. The van der Waals surface area contributed by atoms with Gasteiger partial charge in [-0.1, -0.05) is 12.1 Å². The van der Waals surface area contributed by atoms with Crippen molar-refractivity contribution in [2.45, 2.75) is 32.3 Å². The van der Waals surface area contributed by atoms with Crippen LogP contribution in [-0.2, 0) is 11.3 Å². The lowest BCUT2D eigenvalue weighted by Crippen LogP contribution is -2.31. The number of hydrogen-bond acceptors (Lipinski definition) is 3. The molecule has 1 aromatic rings. The summed E-state index contributed by atoms with van der Waals surface area (Å²) < 4.78 is 39.7. The van der Waals surface area contributed by atoms with E-state index in [1.54, 1.807) is 14.0 Å². The molecule has 1 atom stereocenters. The normalized spacial score (nSPS) is 12.9. The minimum absolute atomic E-state index is 0.115. The maximum absolute atomic E-state index is 12.0. The van der Waals surface area contributed by atoms with Crippen LogP contribution in [0.4, 0.5) is 13.2 Å². The van der Waals surface area contributed by atoms with E-state index in [1.165, 1.54) is 29.2 Å². The molecule has 0 spiro atoms. The molecule has 0 aromatic heterocycles. The highest BCUT2D eigenvalue weighted by Gasteiger charge is 2.30. The molecule has 7 heteroatoms. The van der Waals surface area contributed by atoms with Gasteiger partial charge in [-0.3, -0.25) is 4.79 Å². The molecule has 0 aliphatic carbocycles. The van der Waals surface area contributed by atoms with Crippen molar-refractivity contribution in [1.29, 1.82) is 0 Å². The summed E-state index contributed by atoms with van der Waals surface area (Å²) in [6.45, 7) is 2.03. The van der Waals surface area contributed by atoms with Gasteiger partial charge in [-0.05, 0) is 24.6 Å². The summed E-state index contributed by atoms with van der Waals surface area (Å²) in [5, 5.41) is 0. The molecule has 0 bridgehead atoms. The van der Waals surface area contributed by atoms with E-state index in [-0.39, 0.29) is 24.1 Å². The number of alkyl halides is 3. The lowest BCUT2D eigenvalue weighted by molar-refractivity contribution is -0.274. The number of nitrogens with two attached hydrogens (primary N) is 1. The fourth-order valence-electron chi connectivity index (χ4n) is 1.59. The van der Waals surface area contributed by atoms with E-state index in [4.69, 9.17) is 5.73 Å². The summed E-state index contributed by atoms with van der Waals surface area (Å²) in [6, 6.07) is 5.17. The van der Waals surface area contributed by atoms with E-state index in [0.29, 0.717) is 12.1 Å². The molecule has 0 saturated heterocycles. The van der Waals surface area contributed by atoms with Crippen molar-refractivity contribution in [2.75, 3.05) is 7.05 Å². The van der Waals surface area contributed by atoms with Crippen molar-refractivity contribution >= 4 is 5.91 Å². The summed E-state index contributed by atoms with van der Waals surface area (Å²) >= 11 is 0. The molecule has 0 fully saturated rings. The summed E-state index contributed by atoms with van der Waals surface area (Å²) in [4.78, 5) is 13.2. The Morgan fingerprint density at radius 1 is 1.35 bits per heavy atom. The monoisotopic (exact) mass is 290 g/mol. The zero-order valence-corrected chi connectivity index (χ0v) is 11.3. The Hall–Kier alpha value is -1.76. The van der Waals surface area contributed by atoms with Gasteiger partial charge in [0.1, 0.15) is 5.75 Å². The van der Waals surface area contributed by atoms with Crippen LogP contribution < -0.4 is 10.5 Å². The first-order valence-electron chi connectivity index (χ1n) is 6.01. The zero-order chi connectivity index (χ0) is 15.3.